The van der Waals surface area contributed by atoms with Crippen molar-refractivity contribution in [2.75, 3.05) is 11.4 Å². The Kier molecular flexibility index (Phi) is 4.51. The second-order valence-electron chi connectivity index (χ2n) is 5.36. The van der Waals surface area contributed by atoms with Crippen LogP contribution < -0.4 is 10.2 Å². The smallest absolute Gasteiger partial charge is 0.170 e. The first-order valence-corrected chi connectivity index (χ1v) is 8.30. The lowest BCUT2D eigenvalue weighted by Crippen LogP contribution is -2.25. The van der Waals surface area contributed by atoms with Crippen molar-refractivity contribution in [3.05, 3.63) is 46.0 Å². The molecule has 0 spiro atoms. The van der Waals surface area contributed by atoms with Crippen molar-refractivity contribution in [2.45, 2.75) is 38.9 Å². The third-order valence-electron chi connectivity index (χ3n) is 3.72. The highest BCUT2D eigenvalue weighted by Gasteiger charge is 2.22. The lowest BCUT2D eigenvalue weighted by Gasteiger charge is -2.22. The second-order valence-corrected chi connectivity index (χ2v) is 6.39. The van der Waals surface area contributed by atoms with Crippen LogP contribution in [-0.2, 0) is 13.1 Å². The van der Waals surface area contributed by atoms with E-state index in [9.17, 15) is 4.39 Å². The van der Waals surface area contributed by atoms with E-state index in [-0.39, 0.29) is 5.82 Å². The fourth-order valence-corrected chi connectivity index (χ4v) is 3.02. The molecular formula is C16H20FN3S. The van der Waals surface area contributed by atoms with Gasteiger partial charge in [0.05, 0.1) is 6.54 Å². The quantitative estimate of drug-likeness (QED) is 0.848. The van der Waals surface area contributed by atoms with Crippen molar-refractivity contribution < 1.29 is 4.39 Å². The predicted molar refractivity (Wildman–Crippen MR) is 85.1 cm³/mol. The van der Waals surface area contributed by atoms with Crippen LogP contribution in [0, 0.1) is 5.82 Å². The number of nitrogens with zero attached hydrogens (tertiary/aromatic N) is 2. The molecule has 112 valence electrons. The molecule has 3 rings (SSSR count). The molecule has 2 heterocycles. The Labute approximate surface area is 128 Å². The topological polar surface area (TPSA) is 28.2 Å². The fourth-order valence-electron chi connectivity index (χ4n) is 2.30. The molecule has 0 saturated heterocycles. The zero-order chi connectivity index (χ0) is 14.7. The summed E-state index contributed by atoms with van der Waals surface area (Å²) in [7, 11) is 0. The Hall–Kier alpha value is -1.46. The second kappa shape index (κ2) is 6.54. The number of halogens is 1. The van der Waals surface area contributed by atoms with Gasteiger partial charge >= 0.3 is 0 Å². The maximum absolute atomic E-state index is 14.7. The van der Waals surface area contributed by atoms with E-state index >= 15 is 0 Å². The summed E-state index contributed by atoms with van der Waals surface area (Å²) >= 11 is 1.69. The van der Waals surface area contributed by atoms with Crippen molar-refractivity contribution in [2.24, 2.45) is 0 Å². The van der Waals surface area contributed by atoms with Crippen LogP contribution >= 0.6 is 11.3 Å². The van der Waals surface area contributed by atoms with E-state index in [1.807, 2.05) is 23.3 Å². The number of pyridine rings is 1. The van der Waals surface area contributed by atoms with Crippen LogP contribution in [-0.4, -0.2) is 17.6 Å². The Bertz CT molecular complexity index is 581. The van der Waals surface area contributed by atoms with Crippen molar-refractivity contribution in [1.29, 1.82) is 0 Å². The van der Waals surface area contributed by atoms with Gasteiger partial charge in [-0.15, -0.1) is 11.3 Å². The minimum atomic E-state index is -0.191. The van der Waals surface area contributed by atoms with Gasteiger partial charge in [-0.2, -0.15) is 0 Å². The summed E-state index contributed by atoms with van der Waals surface area (Å²) in [5, 5.41) is 5.40. The third-order valence-corrected chi connectivity index (χ3v) is 4.58. The van der Waals surface area contributed by atoms with Crippen LogP contribution in [0.1, 0.15) is 30.2 Å². The minimum Gasteiger partial charge on any atom is -0.349 e. The van der Waals surface area contributed by atoms with Crippen molar-refractivity contribution in [3.8, 4) is 0 Å². The van der Waals surface area contributed by atoms with Gasteiger partial charge in [0, 0.05) is 35.8 Å². The largest absolute Gasteiger partial charge is 0.349 e. The summed E-state index contributed by atoms with van der Waals surface area (Å²) in [4.78, 5) is 7.47. The molecule has 0 aliphatic heterocycles. The van der Waals surface area contributed by atoms with Crippen LogP contribution in [0.15, 0.2) is 29.8 Å². The molecule has 2 aromatic rings. The van der Waals surface area contributed by atoms with Crippen molar-refractivity contribution in [3.63, 3.8) is 0 Å². The van der Waals surface area contributed by atoms with E-state index in [1.54, 1.807) is 23.6 Å². The van der Waals surface area contributed by atoms with Gasteiger partial charge < -0.3 is 10.2 Å². The molecule has 1 aliphatic carbocycles. The third kappa shape index (κ3) is 3.60. The Morgan fingerprint density at radius 2 is 2.29 bits per heavy atom. The molecule has 0 amide bonds. The maximum atomic E-state index is 14.7. The standard InChI is InChI=1S/C16H20FN3S/c1-2-20(11-14-4-3-9-21-14)16-15(17)12(7-8-18-16)10-19-13-5-6-13/h3-4,7-9,13,19H,2,5-6,10-11H2,1H3. The van der Waals surface area contributed by atoms with Gasteiger partial charge in [-0.05, 0) is 37.3 Å². The van der Waals surface area contributed by atoms with Gasteiger partial charge in [-0.1, -0.05) is 6.07 Å². The van der Waals surface area contributed by atoms with Crippen LogP contribution in [0.2, 0.25) is 0 Å². The van der Waals surface area contributed by atoms with Gasteiger partial charge in [-0.25, -0.2) is 9.37 Å². The van der Waals surface area contributed by atoms with E-state index in [0.717, 1.165) is 6.54 Å². The van der Waals surface area contributed by atoms with E-state index in [2.05, 4.69) is 16.4 Å². The predicted octanol–water partition coefficient (Wildman–Crippen LogP) is 3.56. The monoisotopic (exact) mass is 305 g/mol. The summed E-state index contributed by atoms with van der Waals surface area (Å²) < 4.78 is 14.7. The molecule has 1 saturated carbocycles. The van der Waals surface area contributed by atoms with Crippen molar-refractivity contribution >= 4 is 17.2 Å². The molecular weight excluding hydrogens is 285 g/mol. The summed E-state index contributed by atoms with van der Waals surface area (Å²) in [6, 6.07) is 6.44. The summed E-state index contributed by atoms with van der Waals surface area (Å²) in [6.45, 7) is 4.06. The first-order valence-electron chi connectivity index (χ1n) is 7.42. The Morgan fingerprint density at radius 3 is 2.95 bits per heavy atom. The van der Waals surface area contributed by atoms with Crippen LogP contribution in [0.25, 0.3) is 0 Å². The highest BCUT2D eigenvalue weighted by Crippen LogP contribution is 2.24. The van der Waals surface area contributed by atoms with E-state index < -0.39 is 0 Å². The molecule has 0 unspecified atom stereocenters. The first kappa shape index (κ1) is 14.5. The SMILES string of the molecule is CCN(Cc1cccs1)c1nccc(CNC2CC2)c1F. The molecule has 5 heteroatoms. The van der Waals surface area contributed by atoms with Gasteiger partial charge in [0.15, 0.2) is 11.6 Å². The lowest BCUT2D eigenvalue weighted by molar-refractivity contribution is 0.574. The first-order chi connectivity index (χ1) is 10.3. The Morgan fingerprint density at radius 1 is 1.43 bits per heavy atom. The van der Waals surface area contributed by atoms with E-state index in [4.69, 9.17) is 0 Å². The van der Waals surface area contributed by atoms with Gasteiger partial charge in [0.1, 0.15) is 0 Å². The average molecular weight is 305 g/mol. The van der Waals surface area contributed by atoms with Crippen molar-refractivity contribution in [1.82, 2.24) is 10.3 Å². The van der Waals surface area contributed by atoms with Gasteiger partial charge in [0.25, 0.3) is 0 Å². The maximum Gasteiger partial charge on any atom is 0.170 e. The molecule has 1 N–H and O–H groups in total. The molecule has 0 radical (unpaired) electrons. The molecule has 21 heavy (non-hydrogen) atoms. The normalized spacial score (nSPS) is 14.4. The molecule has 3 nitrogen and oxygen atoms in total. The zero-order valence-electron chi connectivity index (χ0n) is 12.2. The summed E-state index contributed by atoms with van der Waals surface area (Å²) in [5.41, 5.74) is 0.705. The lowest BCUT2D eigenvalue weighted by atomic mass is 10.2. The molecule has 1 fully saturated rings. The molecule has 1 aliphatic rings. The van der Waals surface area contributed by atoms with Crippen LogP contribution in [0.5, 0.6) is 0 Å². The van der Waals surface area contributed by atoms with Crippen LogP contribution in [0.4, 0.5) is 10.2 Å². The number of rotatable bonds is 7. The summed E-state index contributed by atoms with van der Waals surface area (Å²) in [5.74, 6) is 0.269. The number of nitrogens with one attached hydrogen (secondary N) is 1. The molecule has 0 aromatic carbocycles. The fraction of sp³-hybridized carbons (Fsp3) is 0.438. The number of anilines is 1. The number of hydrogen-bond donors (Lipinski definition) is 1. The summed E-state index contributed by atoms with van der Waals surface area (Å²) in [6.07, 6.45) is 4.12. The number of thiophene rings is 1. The minimum absolute atomic E-state index is 0.191. The van der Waals surface area contributed by atoms with Gasteiger partial charge in [-0.3, -0.25) is 0 Å². The van der Waals surface area contributed by atoms with E-state index in [1.165, 1.54) is 17.7 Å². The average Bonchev–Trinajstić information content (AvgIpc) is 3.19. The van der Waals surface area contributed by atoms with Gasteiger partial charge in [0.2, 0.25) is 0 Å². The highest BCUT2D eigenvalue weighted by atomic mass is 32.1. The van der Waals surface area contributed by atoms with E-state index in [0.29, 0.717) is 30.5 Å². The number of hydrogen-bond acceptors (Lipinski definition) is 4. The number of aromatic nitrogens is 1. The zero-order valence-corrected chi connectivity index (χ0v) is 13.0. The molecule has 2 aromatic heterocycles. The van der Waals surface area contributed by atoms with Crippen LogP contribution in [0.3, 0.4) is 0 Å². The Balaban J connectivity index is 1.76. The molecule has 0 atom stereocenters. The highest BCUT2D eigenvalue weighted by molar-refractivity contribution is 7.09. The molecule has 0 bridgehead atoms.